The van der Waals surface area contributed by atoms with Crippen LogP contribution in [0.5, 0.6) is 0 Å². The molecule has 1 saturated heterocycles. The number of nitrogens with one attached hydrogen (secondary N) is 1. The van der Waals surface area contributed by atoms with Gasteiger partial charge in [-0.1, -0.05) is 26.7 Å². The lowest BCUT2D eigenvalue weighted by Gasteiger charge is -2.32. The molecule has 2 heterocycles. The first kappa shape index (κ1) is 13.6. The summed E-state index contributed by atoms with van der Waals surface area (Å²) in [5.74, 6) is 1.95. The summed E-state index contributed by atoms with van der Waals surface area (Å²) in [4.78, 5) is 2.38. The van der Waals surface area contributed by atoms with E-state index in [0.717, 1.165) is 42.7 Å². The van der Waals surface area contributed by atoms with Gasteiger partial charge in [-0.3, -0.25) is 4.57 Å². The van der Waals surface area contributed by atoms with Crippen LogP contribution >= 0.6 is 12.2 Å². The topological polar surface area (TPSA) is 36.9 Å². The monoisotopic (exact) mass is 268 g/mol. The SMILES string of the molecule is CCCC1CCN(c2n[nH]c(=S)n2CCC)CC1. The Morgan fingerprint density at radius 3 is 2.61 bits per heavy atom. The third-order valence-electron chi connectivity index (χ3n) is 3.78. The van der Waals surface area contributed by atoms with E-state index in [1.165, 1.54) is 25.7 Å². The largest absolute Gasteiger partial charge is 0.341 e. The fourth-order valence-electron chi connectivity index (χ4n) is 2.81. The average molecular weight is 268 g/mol. The number of hydrogen-bond acceptors (Lipinski definition) is 3. The van der Waals surface area contributed by atoms with Crippen LogP contribution in [0.1, 0.15) is 46.0 Å². The molecular formula is C13H24N4S. The zero-order chi connectivity index (χ0) is 13.0. The fourth-order valence-corrected chi connectivity index (χ4v) is 3.02. The molecule has 0 amide bonds. The molecule has 18 heavy (non-hydrogen) atoms. The maximum absolute atomic E-state index is 5.29. The predicted octanol–water partition coefficient (Wildman–Crippen LogP) is 3.37. The molecule has 0 atom stereocenters. The standard InChI is InChI=1S/C13H24N4S/c1-3-5-11-6-9-16(10-7-11)12-14-15-13(18)17(12)8-4-2/h11H,3-10H2,1-2H3,(H,15,18). The number of piperidine rings is 1. The third kappa shape index (κ3) is 2.94. The molecule has 0 radical (unpaired) electrons. The van der Waals surface area contributed by atoms with E-state index in [1.807, 2.05) is 0 Å². The van der Waals surface area contributed by atoms with E-state index in [4.69, 9.17) is 12.2 Å². The number of aromatic nitrogens is 3. The van der Waals surface area contributed by atoms with Gasteiger partial charge in [-0.25, -0.2) is 5.10 Å². The summed E-state index contributed by atoms with van der Waals surface area (Å²) in [5.41, 5.74) is 0. The van der Waals surface area contributed by atoms with Crippen LogP contribution in [0.4, 0.5) is 5.95 Å². The zero-order valence-electron chi connectivity index (χ0n) is 11.5. The molecule has 0 unspecified atom stereocenters. The molecule has 102 valence electrons. The van der Waals surface area contributed by atoms with Gasteiger partial charge in [0.05, 0.1) is 0 Å². The van der Waals surface area contributed by atoms with E-state index in [-0.39, 0.29) is 0 Å². The van der Waals surface area contributed by atoms with Crippen LogP contribution in [0, 0.1) is 10.7 Å². The van der Waals surface area contributed by atoms with Crippen molar-refractivity contribution >= 4 is 18.2 Å². The maximum Gasteiger partial charge on any atom is 0.225 e. The number of nitrogens with zero attached hydrogens (tertiary/aromatic N) is 3. The maximum atomic E-state index is 5.29. The van der Waals surface area contributed by atoms with Crippen molar-refractivity contribution < 1.29 is 0 Å². The number of hydrogen-bond donors (Lipinski definition) is 1. The van der Waals surface area contributed by atoms with Crippen molar-refractivity contribution in [3.05, 3.63) is 4.77 Å². The Morgan fingerprint density at radius 2 is 2.00 bits per heavy atom. The Morgan fingerprint density at radius 1 is 1.28 bits per heavy atom. The van der Waals surface area contributed by atoms with Crippen LogP contribution in [-0.2, 0) is 6.54 Å². The first-order valence-electron chi connectivity index (χ1n) is 7.16. The lowest BCUT2D eigenvalue weighted by Crippen LogP contribution is -2.35. The van der Waals surface area contributed by atoms with Crippen LogP contribution in [0.2, 0.25) is 0 Å². The average Bonchev–Trinajstić information content (AvgIpc) is 2.73. The number of aromatic amines is 1. The van der Waals surface area contributed by atoms with Crippen LogP contribution in [0.3, 0.4) is 0 Å². The van der Waals surface area contributed by atoms with E-state index < -0.39 is 0 Å². The molecule has 1 aromatic heterocycles. The highest BCUT2D eigenvalue weighted by atomic mass is 32.1. The Balaban J connectivity index is 2.03. The summed E-state index contributed by atoms with van der Waals surface area (Å²) in [6.45, 7) is 7.65. The summed E-state index contributed by atoms with van der Waals surface area (Å²) >= 11 is 5.29. The van der Waals surface area contributed by atoms with Gasteiger partial charge >= 0.3 is 0 Å². The first-order valence-corrected chi connectivity index (χ1v) is 7.57. The van der Waals surface area contributed by atoms with Crippen molar-refractivity contribution in [2.24, 2.45) is 5.92 Å². The lowest BCUT2D eigenvalue weighted by molar-refractivity contribution is 0.373. The van der Waals surface area contributed by atoms with Crippen molar-refractivity contribution in [3.8, 4) is 0 Å². The van der Waals surface area contributed by atoms with E-state index >= 15 is 0 Å². The zero-order valence-corrected chi connectivity index (χ0v) is 12.3. The van der Waals surface area contributed by atoms with Crippen molar-refractivity contribution in [3.63, 3.8) is 0 Å². The second kappa shape index (κ2) is 6.36. The summed E-state index contributed by atoms with van der Waals surface area (Å²) in [5, 5.41) is 7.33. The molecule has 1 aromatic rings. The quantitative estimate of drug-likeness (QED) is 0.832. The summed E-state index contributed by atoms with van der Waals surface area (Å²) in [6.07, 6.45) is 6.35. The molecule has 1 aliphatic rings. The summed E-state index contributed by atoms with van der Waals surface area (Å²) in [6, 6.07) is 0. The Hall–Kier alpha value is -0.840. The molecule has 5 heteroatoms. The van der Waals surface area contributed by atoms with Crippen LogP contribution in [0.25, 0.3) is 0 Å². The molecule has 0 saturated carbocycles. The van der Waals surface area contributed by atoms with Crippen LogP contribution in [-0.4, -0.2) is 27.9 Å². The Labute approximate surface area is 114 Å². The number of H-pyrrole nitrogens is 1. The van der Waals surface area contributed by atoms with E-state index in [2.05, 4.69) is 33.5 Å². The van der Waals surface area contributed by atoms with Gasteiger partial charge < -0.3 is 4.90 Å². The second-order valence-corrected chi connectivity index (χ2v) is 5.59. The lowest BCUT2D eigenvalue weighted by atomic mass is 9.93. The minimum absolute atomic E-state index is 0.752. The first-order chi connectivity index (χ1) is 8.76. The van der Waals surface area contributed by atoms with Crippen molar-refractivity contribution in [1.29, 1.82) is 0 Å². The molecule has 4 nitrogen and oxygen atoms in total. The normalized spacial score (nSPS) is 17.3. The molecule has 1 aliphatic heterocycles. The van der Waals surface area contributed by atoms with Gasteiger partial charge in [0.1, 0.15) is 0 Å². The second-order valence-electron chi connectivity index (χ2n) is 5.20. The van der Waals surface area contributed by atoms with E-state index in [9.17, 15) is 0 Å². The minimum atomic E-state index is 0.752. The highest BCUT2D eigenvalue weighted by Crippen LogP contribution is 2.25. The van der Waals surface area contributed by atoms with Crippen molar-refractivity contribution in [2.75, 3.05) is 18.0 Å². The minimum Gasteiger partial charge on any atom is -0.341 e. The highest BCUT2D eigenvalue weighted by Gasteiger charge is 2.22. The summed E-state index contributed by atoms with van der Waals surface area (Å²) in [7, 11) is 0. The van der Waals surface area contributed by atoms with Crippen molar-refractivity contribution in [2.45, 2.75) is 52.5 Å². The van der Waals surface area contributed by atoms with Gasteiger partial charge in [0.25, 0.3) is 0 Å². The highest BCUT2D eigenvalue weighted by molar-refractivity contribution is 7.71. The fraction of sp³-hybridized carbons (Fsp3) is 0.846. The van der Waals surface area contributed by atoms with Crippen LogP contribution in [0.15, 0.2) is 0 Å². The molecule has 1 N–H and O–H groups in total. The molecule has 0 aliphatic carbocycles. The molecular weight excluding hydrogens is 244 g/mol. The van der Waals surface area contributed by atoms with Gasteiger partial charge in [-0.15, -0.1) is 5.10 Å². The predicted molar refractivity (Wildman–Crippen MR) is 77.5 cm³/mol. The molecule has 2 rings (SSSR count). The summed E-state index contributed by atoms with van der Waals surface area (Å²) < 4.78 is 2.89. The Kier molecular flexibility index (Phi) is 4.80. The Bertz CT molecular complexity index is 415. The van der Waals surface area contributed by atoms with Gasteiger partial charge in [-0.05, 0) is 37.4 Å². The van der Waals surface area contributed by atoms with Gasteiger partial charge in [0.2, 0.25) is 5.95 Å². The van der Waals surface area contributed by atoms with Crippen LogP contribution < -0.4 is 4.90 Å². The molecule has 1 fully saturated rings. The smallest absolute Gasteiger partial charge is 0.225 e. The molecule has 0 spiro atoms. The third-order valence-corrected chi connectivity index (χ3v) is 4.09. The van der Waals surface area contributed by atoms with E-state index in [0.29, 0.717) is 0 Å². The number of anilines is 1. The van der Waals surface area contributed by atoms with Gasteiger partial charge in [0, 0.05) is 19.6 Å². The van der Waals surface area contributed by atoms with Gasteiger partial charge in [0.15, 0.2) is 4.77 Å². The van der Waals surface area contributed by atoms with Crippen molar-refractivity contribution in [1.82, 2.24) is 14.8 Å². The van der Waals surface area contributed by atoms with E-state index in [1.54, 1.807) is 0 Å². The molecule has 0 bridgehead atoms. The number of rotatable bonds is 5. The molecule has 0 aromatic carbocycles. The van der Waals surface area contributed by atoms with Gasteiger partial charge in [-0.2, -0.15) is 0 Å².